The van der Waals surface area contributed by atoms with Crippen molar-refractivity contribution < 1.29 is 9.90 Å². The molecule has 0 fully saturated rings. The van der Waals surface area contributed by atoms with Crippen molar-refractivity contribution in [3.05, 3.63) is 24.0 Å². The van der Waals surface area contributed by atoms with E-state index < -0.39 is 0 Å². The summed E-state index contributed by atoms with van der Waals surface area (Å²) in [4.78, 5) is 16.4. The molecule has 0 atom stereocenters. The number of aliphatic hydroxyl groups is 1. The molecule has 2 N–H and O–H groups in total. The van der Waals surface area contributed by atoms with Crippen LogP contribution < -0.4 is 5.32 Å². The van der Waals surface area contributed by atoms with Crippen molar-refractivity contribution in [3.8, 4) is 0 Å². The number of amides is 1. The summed E-state index contributed by atoms with van der Waals surface area (Å²) in [6.07, 6.45) is 1.60. The maximum absolute atomic E-state index is 11.4. The van der Waals surface area contributed by atoms with Crippen LogP contribution in [0.3, 0.4) is 0 Å². The number of aromatic nitrogens is 1. The van der Waals surface area contributed by atoms with E-state index >= 15 is 0 Å². The molecule has 82 valence electrons. The number of nitrogens with zero attached hydrogens (tertiary/aromatic N) is 1. The molecule has 5 heteroatoms. The van der Waals surface area contributed by atoms with Crippen molar-refractivity contribution in [3.63, 3.8) is 0 Å². The van der Waals surface area contributed by atoms with Crippen LogP contribution in [-0.4, -0.2) is 34.9 Å². The molecule has 0 saturated carbocycles. The van der Waals surface area contributed by atoms with Gasteiger partial charge in [0.15, 0.2) is 0 Å². The lowest BCUT2D eigenvalue weighted by Gasteiger charge is -2.03. The number of carbonyl (C=O) groups is 1. The third-order valence-electron chi connectivity index (χ3n) is 1.66. The van der Waals surface area contributed by atoms with Crippen LogP contribution in [0.15, 0.2) is 23.2 Å². The first-order chi connectivity index (χ1) is 7.27. The first kappa shape index (κ1) is 12.0. The molecule has 0 saturated heterocycles. The largest absolute Gasteiger partial charge is 0.396 e. The van der Waals surface area contributed by atoms with E-state index in [1.165, 1.54) is 11.8 Å². The highest BCUT2D eigenvalue weighted by molar-refractivity contribution is 7.99. The molecule has 1 aromatic heterocycles. The molecule has 1 aromatic rings. The lowest BCUT2D eigenvalue weighted by Crippen LogP contribution is -2.23. The van der Waals surface area contributed by atoms with E-state index in [2.05, 4.69) is 10.3 Å². The van der Waals surface area contributed by atoms with Crippen LogP contribution in [0, 0.1) is 0 Å². The van der Waals surface area contributed by atoms with Gasteiger partial charge in [-0.25, -0.2) is 0 Å². The van der Waals surface area contributed by atoms with Crippen molar-refractivity contribution >= 4 is 17.7 Å². The predicted molar refractivity (Wildman–Crippen MR) is 60.1 cm³/mol. The summed E-state index contributed by atoms with van der Waals surface area (Å²) in [5.74, 6) is 0.461. The molecule has 1 amide bonds. The molecule has 0 aliphatic rings. The Labute approximate surface area is 93.1 Å². The van der Waals surface area contributed by atoms with Crippen LogP contribution in [0.1, 0.15) is 17.4 Å². The number of thioether (sulfide) groups is 1. The average molecular weight is 226 g/mol. The summed E-state index contributed by atoms with van der Waals surface area (Å²) in [5, 5.41) is 11.4. The Bertz CT molecular complexity index is 331. The second kappa shape index (κ2) is 6.42. The van der Waals surface area contributed by atoms with Crippen molar-refractivity contribution in [1.29, 1.82) is 0 Å². The zero-order valence-corrected chi connectivity index (χ0v) is 9.38. The van der Waals surface area contributed by atoms with E-state index in [1.54, 1.807) is 12.3 Å². The maximum atomic E-state index is 11.4. The number of carbonyl (C=O) groups excluding carboxylic acids is 1. The smallest absolute Gasteiger partial charge is 0.269 e. The Balaban J connectivity index is 2.69. The fraction of sp³-hybridized carbons (Fsp3) is 0.400. The fourth-order valence-corrected chi connectivity index (χ4v) is 1.72. The number of nitrogens with one attached hydrogen (secondary N) is 1. The van der Waals surface area contributed by atoms with Crippen LogP contribution in [0.25, 0.3) is 0 Å². The topological polar surface area (TPSA) is 62.2 Å². The van der Waals surface area contributed by atoms with Gasteiger partial charge in [-0.15, -0.1) is 11.8 Å². The molecule has 0 bridgehead atoms. The van der Waals surface area contributed by atoms with Gasteiger partial charge in [-0.05, 0) is 19.1 Å². The molecule has 4 nitrogen and oxygen atoms in total. The first-order valence-electron chi connectivity index (χ1n) is 4.75. The monoisotopic (exact) mass is 226 g/mol. The van der Waals surface area contributed by atoms with Gasteiger partial charge in [0.25, 0.3) is 5.91 Å². The number of hydrogen-bond donors (Lipinski definition) is 2. The molecule has 0 aliphatic carbocycles. The standard InChI is InChI=1S/C10H14N2O2S/c1-2-11-10(14)9-7-8(3-4-12-9)15-6-5-13/h3-4,7,13H,2,5-6H2,1H3,(H,11,14). The molecular formula is C10H14N2O2S. The van der Waals surface area contributed by atoms with Crippen molar-refractivity contribution in [2.45, 2.75) is 11.8 Å². The second-order valence-corrected chi connectivity index (χ2v) is 3.98. The summed E-state index contributed by atoms with van der Waals surface area (Å²) in [6, 6.07) is 3.55. The zero-order chi connectivity index (χ0) is 11.1. The van der Waals surface area contributed by atoms with Gasteiger partial charge in [0.2, 0.25) is 0 Å². The zero-order valence-electron chi connectivity index (χ0n) is 8.56. The third-order valence-corrected chi connectivity index (χ3v) is 2.64. The summed E-state index contributed by atoms with van der Waals surface area (Å²) < 4.78 is 0. The van der Waals surface area contributed by atoms with Gasteiger partial charge in [-0.2, -0.15) is 0 Å². The SMILES string of the molecule is CCNC(=O)c1cc(SCCO)ccn1. The van der Waals surface area contributed by atoms with Gasteiger partial charge in [-0.1, -0.05) is 0 Å². The van der Waals surface area contributed by atoms with Crippen molar-refractivity contribution in [1.82, 2.24) is 10.3 Å². The Kier molecular flexibility index (Phi) is 5.14. The number of hydrogen-bond acceptors (Lipinski definition) is 4. The van der Waals surface area contributed by atoms with E-state index in [0.29, 0.717) is 18.0 Å². The van der Waals surface area contributed by atoms with Crippen LogP contribution in [0.4, 0.5) is 0 Å². The number of rotatable bonds is 5. The minimum Gasteiger partial charge on any atom is -0.396 e. The van der Waals surface area contributed by atoms with Gasteiger partial charge in [-0.3, -0.25) is 9.78 Å². The van der Waals surface area contributed by atoms with E-state index in [4.69, 9.17) is 5.11 Å². The average Bonchev–Trinajstić information content (AvgIpc) is 2.27. The minimum absolute atomic E-state index is 0.128. The van der Waals surface area contributed by atoms with Gasteiger partial charge in [0, 0.05) is 23.4 Å². The Morgan fingerprint density at radius 2 is 2.47 bits per heavy atom. The molecule has 0 spiro atoms. The minimum atomic E-state index is -0.163. The summed E-state index contributed by atoms with van der Waals surface area (Å²) in [5.41, 5.74) is 0.416. The van der Waals surface area contributed by atoms with E-state index in [0.717, 1.165) is 4.90 Å². The van der Waals surface area contributed by atoms with Crippen LogP contribution in [0.2, 0.25) is 0 Å². The summed E-state index contributed by atoms with van der Waals surface area (Å²) in [6.45, 7) is 2.58. The van der Waals surface area contributed by atoms with Gasteiger partial charge < -0.3 is 10.4 Å². The fourth-order valence-electron chi connectivity index (χ4n) is 1.04. The normalized spacial score (nSPS) is 10.0. The van der Waals surface area contributed by atoms with Gasteiger partial charge >= 0.3 is 0 Å². The second-order valence-electron chi connectivity index (χ2n) is 2.81. The highest BCUT2D eigenvalue weighted by Gasteiger charge is 2.06. The summed E-state index contributed by atoms with van der Waals surface area (Å²) in [7, 11) is 0. The Morgan fingerprint density at radius 1 is 1.67 bits per heavy atom. The quantitative estimate of drug-likeness (QED) is 0.733. The van der Waals surface area contributed by atoms with E-state index in [1.807, 2.05) is 13.0 Å². The number of aliphatic hydroxyl groups excluding tert-OH is 1. The molecule has 15 heavy (non-hydrogen) atoms. The van der Waals surface area contributed by atoms with Crippen LogP contribution in [0.5, 0.6) is 0 Å². The van der Waals surface area contributed by atoms with Gasteiger partial charge in [0.05, 0.1) is 6.61 Å². The van der Waals surface area contributed by atoms with E-state index in [9.17, 15) is 4.79 Å². The van der Waals surface area contributed by atoms with Crippen molar-refractivity contribution in [2.75, 3.05) is 18.9 Å². The molecule has 0 unspecified atom stereocenters. The highest BCUT2D eigenvalue weighted by Crippen LogP contribution is 2.17. The predicted octanol–water partition coefficient (Wildman–Crippen LogP) is 0.916. The third kappa shape index (κ3) is 3.89. The maximum Gasteiger partial charge on any atom is 0.269 e. The lowest BCUT2D eigenvalue weighted by atomic mass is 10.3. The number of pyridine rings is 1. The molecule has 1 heterocycles. The molecule has 0 radical (unpaired) electrons. The molecular weight excluding hydrogens is 212 g/mol. The van der Waals surface area contributed by atoms with Gasteiger partial charge in [0.1, 0.15) is 5.69 Å². The van der Waals surface area contributed by atoms with E-state index in [-0.39, 0.29) is 12.5 Å². The molecule has 0 aromatic carbocycles. The molecule has 0 aliphatic heterocycles. The van der Waals surface area contributed by atoms with Crippen molar-refractivity contribution in [2.24, 2.45) is 0 Å². The van der Waals surface area contributed by atoms with Crippen LogP contribution in [-0.2, 0) is 0 Å². The Morgan fingerprint density at radius 3 is 3.13 bits per heavy atom. The first-order valence-corrected chi connectivity index (χ1v) is 5.74. The Hall–Kier alpha value is -1.07. The highest BCUT2D eigenvalue weighted by atomic mass is 32.2. The summed E-state index contributed by atoms with van der Waals surface area (Å²) >= 11 is 1.50. The van der Waals surface area contributed by atoms with Crippen LogP contribution >= 0.6 is 11.8 Å². The lowest BCUT2D eigenvalue weighted by molar-refractivity contribution is 0.0950. The molecule has 1 rings (SSSR count).